The summed E-state index contributed by atoms with van der Waals surface area (Å²) in [6, 6.07) is -1.86. The summed E-state index contributed by atoms with van der Waals surface area (Å²) in [7, 11) is 6.63. The molecule has 1 aliphatic heterocycles. The number of likely N-dealkylation sites (tertiary alicyclic amines) is 1. The summed E-state index contributed by atoms with van der Waals surface area (Å²) in [5.41, 5.74) is 0.938. The number of carbonyl (C=O) groups is 4. The van der Waals surface area contributed by atoms with Crippen molar-refractivity contribution in [3.05, 3.63) is 18.2 Å². The Bertz CT molecular complexity index is 1150. The number of aromatic amines is 1. The van der Waals surface area contributed by atoms with Gasteiger partial charge in [0.1, 0.15) is 6.04 Å². The highest BCUT2D eigenvalue weighted by Gasteiger charge is 2.43. The second-order valence-corrected chi connectivity index (χ2v) is 13.9. The smallest absolute Gasteiger partial charge is 0.245 e. The first-order chi connectivity index (χ1) is 22.7. The quantitative estimate of drug-likeness (QED) is 0.164. The fourth-order valence-corrected chi connectivity index (χ4v) is 6.95. The van der Waals surface area contributed by atoms with Crippen LogP contribution in [0.2, 0.25) is 0 Å². The Morgan fingerprint density at radius 3 is 2.23 bits per heavy atom. The zero-order chi connectivity index (χ0) is 36.1. The maximum absolute atomic E-state index is 14.1. The molecule has 1 aromatic rings. The van der Waals surface area contributed by atoms with Crippen LogP contribution in [0.5, 0.6) is 0 Å². The molecule has 0 aromatic carbocycles. The van der Waals surface area contributed by atoms with E-state index in [2.05, 4.69) is 32.8 Å². The Morgan fingerprint density at radius 1 is 1.04 bits per heavy atom. The monoisotopic (exact) mass is 677 g/mol. The molecule has 0 spiro atoms. The van der Waals surface area contributed by atoms with E-state index in [1.54, 1.807) is 45.7 Å². The maximum atomic E-state index is 14.1. The Balaban J connectivity index is 2.20. The lowest BCUT2D eigenvalue weighted by Crippen LogP contribution is -2.59. The van der Waals surface area contributed by atoms with Gasteiger partial charge in [-0.3, -0.25) is 19.2 Å². The fourth-order valence-electron chi connectivity index (χ4n) is 6.95. The second-order valence-electron chi connectivity index (χ2n) is 13.9. The normalized spacial score (nSPS) is 19.4. The molecule has 13 heteroatoms. The van der Waals surface area contributed by atoms with Gasteiger partial charge in [-0.2, -0.15) is 0 Å². The number of likely N-dealkylation sites (N-methyl/N-ethyl adjacent to an activating group) is 2. The van der Waals surface area contributed by atoms with E-state index < -0.39 is 36.3 Å². The van der Waals surface area contributed by atoms with Crippen molar-refractivity contribution in [2.45, 2.75) is 117 Å². The summed E-state index contributed by atoms with van der Waals surface area (Å²) < 4.78 is 11.9. The van der Waals surface area contributed by atoms with Crippen LogP contribution < -0.4 is 16.0 Å². The fraction of sp³-hybridized carbons (Fsp3) is 0.800. The number of H-pyrrole nitrogens is 1. The van der Waals surface area contributed by atoms with Gasteiger partial charge < -0.3 is 40.2 Å². The lowest BCUT2D eigenvalue weighted by Gasteiger charge is -2.41. The average Bonchev–Trinajstić information content (AvgIpc) is 3.76. The number of aromatic nitrogens is 2. The highest BCUT2D eigenvalue weighted by Crippen LogP contribution is 2.29. The van der Waals surface area contributed by atoms with E-state index in [1.165, 1.54) is 0 Å². The molecule has 13 nitrogen and oxygen atoms in total. The van der Waals surface area contributed by atoms with Crippen LogP contribution in [0.25, 0.3) is 0 Å². The molecule has 274 valence electrons. The van der Waals surface area contributed by atoms with Gasteiger partial charge in [0.25, 0.3) is 0 Å². The van der Waals surface area contributed by atoms with E-state index >= 15 is 0 Å². The number of nitrogens with zero attached hydrogens (tertiary/aromatic N) is 3. The minimum absolute atomic E-state index is 0.00695. The van der Waals surface area contributed by atoms with Gasteiger partial charge in [-0.15, -0.1) is 0 Å². The first-order valence-corrected chi connectivity index (χ1v) is 17.6. The lowest BCUT2D eigenvalue weighted by molar-refractivity contribution is -0.147. The van der Waals surface area contributed by atoms with Gasteiger partial charge in [0.15, 0.2) is 0 Å². The molecular formula is C35H63N7O6. The SMILES string of the molecule is CC[C@H](C)[C@@H]([C@@H](CC(=O)N1CCC[C@H]1[C@H](OC)[C@@H](C)C(=O)NCCc1cnc[nH]1)OC)N(C)C(=O)[C@@H](NC(=O)[C@@H](NC)C(C)C)C(C)C. The molecule has 1 saturated heterocycles. The van der Waals surface area contributed by atoms with Crippen LogP contribution >= 0.6 is 0 Å². The molecule has 1 aliphatic rings. The number of hydrogen-bond donors (Lipinski definition) is 4. The molecule has 8 atom stereocenters. The number of nitrogens with one attached hydrogen (secondary N) is 4. The Kier molecular flexibility index (Phi) is 17.0. The third kappa shape index (κ3) is 10.7. The molecule has 1 fully saturated rings. The van der Waals surface area contributed by atoms with E-state index in [0.29, 0.717) is 19.5 Å². The molecular weight excluding hydrogens is 614 g/mol. The van der Waals surface area contributed by atoms with Crippen LogP contribution in [0.1, 0.15) is 79.8 Å². The van der Waals surface area contributed by atoms with Gasteiger partial charge in [0, 0.05) is 52.7 Å². The van der Waals surface area contributed by atoms with Crippen LogP contribution in [0.4, 0.5) is 0 Å². The molecule has 4 N–H and O–H groups in total. The van der Waals surface area contributed by atoms with Crippen molar-refractivity contribution >= 4 is 23.6 Å². The van der Waals surface area contributed by atoms with Gasteiger partial charge in [0.2, 0.25) is 23.6 Å². The Hall–Kier alpha value is -3.03. The van der Waals surface area contributed by atoms with Crippen LogP contribution in [0.15, 0.2) is 12.5 Å². The third-order valence-electron chi connectivity index (χ3n) is 10.00. The molecule has 0 radical (unpaired) electrons. The van der Waals surface area contributed by atoms with E-state index in [-0.39, 0.29) is 53.8 Å². The van der Waals surface area contributed by atoms with Crippen molar-refractivity contribution in [1.82, 2.24) is 35.7 Å². The molecule has 0 aliphatic carbocycles. The number of hydrogen-bond acceptors (Lipinski definition) is 8. The van der Waals surface area contributed by atoms with Crippen molar-refractivity contribution in [2.75, 3.05) is 41.4 Å². The van der Waals surface area contributed by atoms with Crippen molar-refractivity contribution in [2.24, 2.45) is 23.7 Å². The zero-order valence-electron chi connectivity index (χ0n) is 31.2. The first kappa shape index (κ1) is 41.1. The van der Waals surface area contributed by atoms with Crippen LogP contribution in [0.3, 0.4) is 0 Å². The molecule has 2 heterocycles. The van der Waals surface area contributed by atoms with Crippen LogP contribution in [-0.4, -0.2) is 121 Å². The number of ether oxygens (including phenoxy) is 2. The average molecular weight is 678 g/mol. The maximum Gasteiger partial charge on any atom is 0.245 e. The zero-order valence-corrected chi connectivity index (χ0v) is 31.2. The van der Waals surface area contributed by atoms with Crippen LogP contribution in [0, 0.1) is 23.7 Å². The van der Waals surface area contributed by atoms with Crippen molar-refractivity contribution in [3.63, 3.8) is 0 Å². The summed E-state index contributed by atoms with van der Waals surface area (Å²) in [6.45, 7) is 14.7. The predicted octanol–water partition coefficient (Wildman–Crippen LogP) is 2.37. The van der Waals surface area contributed by atoms with Gasteiger partial charge in [-0.05, 0) is 37.6 Å². The lowest BCUT2D eigenvalue weighted by atomic mass is 9.89. The van der Waals surface area contributed by atoms with Crippen molar-refractivity contribution < 1.29 is 28.7 Å². The number of rotatable bonds is 20. The molecule has 0 bridgehead atoms. The van der Waals surface area contributed by atoms with Gasteiger partial charge in [-0.1, -0.05) is 54.9 Å². The second kappa shape index (κ2) is 19.8. The molecule has 48 heavy (non-hydrogen) atoms. The minimum atomic E-state index is -0.741. The number of methoxy groups -OCH3 is 2. The van der Waals surface area contributed by atoms with Gasteiger partial charge in [-0.25, -0.2) is 4.98 Å². The summed E-state index contributed by atoms with van der Waals surface area (Å²) in [5.74, 6) is -1.26. The molecule has 4 amide bonds. The van der Waals surface area contributed by atoms with E-state index in [4.69, 9.17) is 9.47 Å². The highest BCUT2D eigenvalue weighted by atomic mass is 16.5. The van der Waals surface area contributed by atoms with Gasteiger partial charge >= 0.3 is 0 Å². The molecule has 2 rings (SSSR count). The standard InChI is InChI=1S/C35H63N7O6/c1-12-23(6)31(41(9)35(46)30(22(4)5)40-34(45)29(36-8)21(2)3)27(47-10)18-28(43)42-17-13-14-26(42)32(48-11)24(7)33(44)38-16-15-25-19-37-20-39-25/h19-24,26-27,29-32,36H,12-18H2,1-11H3,(H,37,39)(H,38,44)(H,40,45)/t23-,24+,26-,27+,29-,30-,31-,32+/m0/s1. The summed E-state index contributed by atoms with van der Waals surface area (Å²) in [4.78, 5) is 64.9. The number of amides is 4. The van der Waals surface area contributed by atoms with Gasteiger partial charge in [0.05, 0.1) is 49.0 Å². The topological polar surface area (TPSA) is 158 Å². The van der Waals surface area contributed by atoms with E-state index in [0.717, 1.165) is 25.0 Å². The predicted molar refractivity (Wildman–Crippen MR) is 186 cm³/mol. The molecule has 1 aromatic heterocycles. The summed E-state index contributed by atoms with van der Waals surface area (Å²) >= 11 is 0. The van der Waals surface area contributed by atoms with Crippen molar-refractivity contribution in [1.29, 1.82) is 0 Å². The molecule has 0 unspecified atom stereocenters. The highest BCUT2D eigenvalue weighted by molar-refractivity contribution is 5.90. The third-order valence-corrected chi connectivity index (χ3v) is 10.00. The largest absolute Gasteiger partial charge is 0.379 e. The van der Waals surface area contributed by atoms with E-state index in [9.17, 15) is 19.2 Å². The minimum Gasteiger partial charge on any atom is -0.379 e. The first-order valence-electron chi connectivity index (χ1n) is 17.6. The number of imidazole rings is 1. The van der Waals surface area contributed by atoms with Crippen LogP contribution in [-0.2, 0) is 35.1 Å². The summed E-state index contributed by atoms with van der Waals surface area (Å²) in [5, 5.41) is 9.02. The van der Waals surface area contributed by atoms with E-state index in [1.807, 2.05) is 46.4 Å². The van der Waals surface area contributed by atoms with Crippen molar-refractivity contribution in [3.8, 4) is 0 Å². The number of carbonyl (C=O) groups excluding carboxylic acids is 4. The Morgan fingerprint density at radius 2 is 1.71 bits per heavy atom. The Labute approximate surface area is 288 Å². The molecule has 0 saturated carbocycles. The summed E-state index contributed by atoms with van der Waals surface area (Å²) in [6.07, 6.45) is 5.25.